The SMILES string of the molecule is COc1cc(F)ccc1C(=O)/C=C/C(=O)N1CCN(c2ccc(N)nc2)CC1. The molecule has 0 spiro atoms. The number of pyridine rings is 1. The van der Waals surface area contributed by atoms with E-state index in [1.54, 1.807) is 17.2 Å². The third-order valence-corrected chi connectivity index (χ3v) is 4.53. The van der Waals surface area contributed by atoms with Crippen molar-refractivity contribution in [1.29, 1.82) is 0 Å². The molecule has 0 atom stereocenters. The van der Waals surface area contributed by atoms with Gasteiger partial charge in [-0.15, -0.1) is 0 Å². The highest BCUT2D eigenvalue weighted by Gasteiger charge is 2.20. The van der Waals surface area contributed by atoms with Crippen molar-refractivity contribution >= 4 is 23.2 Å². The van der Waals surface area contributed by atoms with E-state index in [4.69, 9.17) is 10.5 Å². The first kappa shape index (κ1) is 19.3. The molecule has 1 aliphatic heterocycles. The molecule has 0 bridgehead atoms. The van der Waals surface area contributed by atoms with Crippen molar-refractivity contribution in [3.8, 4) is 5.75 Å². The first-order valence-corrected chi connectivity index (χ1v) is 8.79. The number of aromatic nitrogens is 1. The Morgan fingerprint density at radius 1 is 1.14 bits per heavy atom. The minimum atomic E-state index is -0.498. The number of hydrogen-bond acceptors (Lipinski definition) is 6. The molecule has 0 radical (unpaired) electrons. The molecule has 7 nitrogen and oxygen atoms in total. The standard InChI is InChI=1S/C20H21FN4O3/c1-28-18-12-14(21)2-4-16(18)17(26)5-7-20(27)25-10-8-24(9-11-25)15-3-6-19(22)23-13-15/h2-7,12-13H,8-11H2,1H3,(H2,22,23)/b7-5+. The summed E-state index contributed by atoms with van der Waals surface area (Å²) in [7, 11) is 1.36. The number of anilines is 2. The van der Waals surface area contributed by atoms with E-state index in [-0.39, 0.29) is 17.2 Å². The van der Waals surface area contributed by atoms with Crippen LogP contribution in [-0.2, 0) is 4.79 Å². The number of carbonyl (C=O) groups is 2. The molecule has 8 heteroatoms. The molecular weight excluding hydrogens is 363 g/mol. The normalized spacial score (nSPS) is 14.4. The average Bonchev–Trinajstić information content (AvgIpc) is 2.72. The number of rotatable bonds is 5. The Morgan fingerprint density at radius 3 is 2.54 bits per heavy atom. The van der Waals surface area contributed by atoms with Gasteiger partial charge in [-0.25, -0.2) is 9.37 Å². The van der Waals surface area contributed by atoms with Gasteiger partial charge in [0.25, 0.3) is 0 Å². The van der Waals surface area contributed by atoms with E-state index in [1.165, 1.54) is 31.4 Å². The second-order valence-corrected chi connectivity index (χ2v) is 6.30. The van der Waals surface area contributed by atoms with E-state index in [0.717, 1.165) is 11.8 Å². The second-order valence-electron chi connectivity index (χ2n) is 6.30. The van der Waals surface area contributed by atoms with Gasteiger partial charge in [0.15, 0.2) is 5.78 Å². The maximum absolute atomic E-state index is 13.2. The zero-order valence-corrected chi connectivity index (χ0v) is 15.5. The molecule has 2 N–H and O–H groups in total. The second kappa shape index (κ2) is 8.51. The first-order chi connectivity index (χ1) is 13.5. The maximum atomic E-state index is 13.2. The fraction of sp³-hybridized carbons (Fsp3) is 0.250. The van der Waals surface area contributed by atoms with Crippen LogP contribution >= 0.6 is 0 Å². The van der Waals surface area contributed by atoms with Crippen molar-refractivity contribution in [2.45, 2.75) is 0 Å². The minimum Gasteiger partial charge on any atom is -0.496 e. The molecule has 28 heavy (non-hydrogen) atoms. The van der Waals surface area contributed by atoms with Gasteiger partial charge in [0.2, 0.25) is 5.91 Å². The third kappa shape index (κ3) is 4.46. The highest BCUT2D eigenvalue weighted by atomic mass is 19.1. The summed E-state index contributed by atoms with van der Waals surface area (Å²) in [6, 6.07) is 7.29. The van der Waals surface area contributed by atoms with Crippen LogP contribution in [0.15, 0.2) is 48.7 Å². The fourth-order valence-corrected chi connectivity index (χ4v) is 2.98. The molecule has 1 saturated heterocycles. The van der Waals surface area contributed by atoms with Crippen molar-refractivity contribution in [3.05, 3.63) is 60.1 Å². The van der Waals surface area contributed by atoms with Crippen LogP contribution in [0.25, 0.3) is 0 Å². The highest BCUT2D eigenvalue weighted by Crippen LogP contribution is 2.20. The number of carbonyl (C=O) groups excluding carboxylic acids is 2. The molecule has 0 unspecified atom stereocenters. The number of nitrogen functional groups attached to an aromatic ring is 1. The third-order valence-electron chi connectivity index (χ3n) is 4.53. The number of ether oxygens (including phenoxy) is 1. The van der Waals surface area contributed by atoms with Gasteiger partial charge < -0.3 is 20.3 Å². The molecule has 1 fully saturated rings. The monoisotopic (exact) mass is 384 g/mol. The largest absolute Gasteiger partial charge is 0.496 e. The summed E-state index contributed by atoms with van der Waals surface area (Å²) in [5.74, 6) is -0.568. The number of halogens is 1. The van der Waals surface area contributed by atoms with Crippen LogP contribution in [0.4, 0.5) is 15.9 Å². The van der Waals surface area contributed by atoms with Crippen LogP contribution in [0.1, 0.15) is 10.4 Å². The van der Waals surface area contributed by atoms with Gasteiger partial charge in [0.1, 0.15) is 17.4 Å². The first-order valence-electron chi connectivity index (χ1n) is 8.79. The Hall–Kier alpha value is -3.42. The lowest BCUT2D eigenvalue weighted by molar-refractivity contribution is -0.126. The molecule has 3 rings (SSSR count). The molecule has 146 valence electrons. The number of benzene rings is 1. The summed E-state index contributed by atoms with van der Waals surface area (Å²) in [4.78, 5) is 32.6. The molecule has 1 aromatic carbocycles. The number of ketones is 1. The maximum Gasteiger partial charge on any atom is 0.246 e. The van der Waals surface area contributed by atoms with Crippen LogP contribution in [0.5, 0.6) is 5.75 Å². The number of nitrogens with two attached hydrogens (primary N) is 1. The van der Waals surface area contributed by atoms with E-state index < -0.39 is 11.6 Å². The Bertz CT molecular complexity index is 891. The summed E-state index contributed by atoms with van der Waals surface area (Å²) < 4.78 is 18.3. The van der Waals surface area contributed by atoms with Gasteiger partial charge >= 0.3 is 0 Å². The molecule has 2 heterocycles. The predicted molar refractivity (Wildman–Crippen MR) is 104 cm³/mol. The molecule has 0 saturated carbocycles. The lowest BCUT2D eigenvalue weighted by Gasteiger charge is -2.35. The lowest BCUT2D eigenvalue weighted by Crippen LogP contribution is -2.48. The zero-order chi connectivity index (χ0) is 20.1. The summed E-state index contributed by atoms with van der Waals surface area (Å²) in [6.07, 6.45) is 4.14. The Morgan fingerprint density at radius 2 is 1.89 bits per heavy atom. The number of amides is 1. The average molecular weight is 384 g/mol. The number of allylic oxidation sites excluding steroid dienone is 1. The van der Waals surface area contributed by atoms with E-state index in [0.29, 0.717) is 32.0 Å². The highest BCUT2D eigenvalue weighted by molar-refractivity contribution is 6.09. The van der Waals surface area contributed by atoms with Gasteiger partial charge in [-0.2, -0.15) is 0 Å². The molecule has 1 aliphatic rings. The van der Waals surface area contributed by atoms with Crippen molar-refractivity contribution in [1.82, 2.24) is 9.88 Å². The van der Waals surface area contributed by atoms with E-state index in [9.17, 15) is 14.0 Å². The fourth-order valence-electron chi connectivity index (χ4n) is 2.98. The predicted octanol–water partition coefficient (Wildman–Crippen LogP) is 1.90. The quantitative estimate of drug-likeness (QED) is 0.626. The number of methoxy groups -OCH3 is 1. The van der Waals surface area contributed by atoms with Crippen LogP contribution in [0, 0.1) is 5.82 Å². The molecule has 2 aromatic rings. The number of hydrogen-bond donors (Lipinski definition) is 1. The van der Waals surface area contributed by atoms with Crippen molar-refractivity contribution < 1.29 is 18.7 Å². The minimum absolute atomic E-state index is 0.132. The van der Waals surface area contributed by atoms with Crippen LogP contribution < -0.4 is 15.4 Å². The Kier molecular flexibility index (Phi) is 5.88. The van der Waals surface area contributed by atoms with Gasteiger partial charge in [-0.3, -0.25) is 9.59 Å². The Labute approximate surface area is 162 Å². The van der Waals surface area contributed by atoms with Gasteiger partial charge in [0, 0.05) is 38.3 Å². The lowest BCUT2D eigenvalue weighted by atomic mass is 10.1. The van der Waals surface area contributed by atoms with E-state index in [1.807, 2.05) is 6.07 Å². The number of piperazine rings is 1. The molecule has 1 aromatic heterocycles. The molecular formula is C20H21FN4O3. The molecule has 0 aliphatic carbocycles. The number of nitrogens with zero attached hydrogens (tertiary/aromatic N) is 3. The van der Waals surface area contributed by atoms with Crippen molar-refractivity contribution in [2.75, 3.05) is 43.9 Å². The van der Waals surface area contributed by atoms with Crippen molar-refractivity contribution in [3.63, 3.8) is 0 Å². The van der Waals surface area contributed by atoms with E-state index >= 15 is 0 Å². The van der Waals surface area contributed by atoms with Gasteiger partial charge in [-0.1, -0.05) is 0 Å². The van der Waals surface area contributed by atoms with Crippen LogP contribution in [-0.4, -0.2) is 54.9 Å². The molecule has 1 amide bonds. The van der Waals surface area contributed by atoms with Crippen LogP contribution in [0.3, 0.4) is 0 Å². The smallest absolute Gasteiger partial charge is 0.246 e. The topological polar surface area (TPSA) is 88.8 Å². The van der Waals surface area contributed by atoms with Crippen LogP contribution in [0.2, 0.25) is 0 Å². The van der Waals surface area contributed by atoms with Gasteiger partial charge in [0.05, 0.1) is 24.6 Å². The summed E-state index contributed by atoms with van der Waals surface area (Å²) >= 11 is 0. The summed E-state index contributed by atoms with van der Waals surface area (Å²) in [6.45, 7) is 2.37. The summed E-state index contributed by atoms with van der Waals surface area (Å²) in [5, 5.41) is 0. The summed E-state index contributed by atoms with van der Waals surface area (Å²) in [5.41, 5.74) is 6.76. The Balaban J connectivity index is 1.58. The van der Waals surface area contributed by atoms with Gasteiger partial charge in [-0.05, 0) is 30.3 Å². The zero-order valence-electron chi connectivity index (χ0n) is 15.5. The van der Waals surface area contributed by atoms with Crippen molar-refractivity contribution in [2.24, 2.45) is 0 Å². The van der Waals surface area contributed by atoms with E-state index in [2.05, 4.69) is 9.88 Å².